The van der Waals surface area contributed by atoms with Gasteiger partial charge in [-0.15, -0.1) is 0 Å². The second-order valence-corrected chi connectivity index (χ2v) is 4.78. The maximum Gasteiger partial charge on any atom is 0.374 e. The summed E-state index contributed by atoms with van der Waals surface area (Å²) >= 11 is 0. The van der Waals surface area contributed by atoms with Gasteiger partial charge in [-0.3, -0.25) is 0 Å². The Balaban J connectivity index is 2.26. The minimum absolute atomic E-state index is 0.171. The molecule has 6 nitrogen and oxygen atoms in total. The predicted octanol–water partition coefficient (Wildman–Crippen LogP) is 2.85. The van der Waals surface area contributed by atoms with Gasteiger partial charge in [0, 0.05) is 35.8 Å². The van der Waals surface area contributed by atoms with Gasteiger partial charge in [0.15, 0.2) is 0 Å². The van der Waals surface area contributed by atoms with Crippen molar-refractivity contribution in [2.24, 2.45) is 7.05 Å². The normalized spacial score (nSPS) is 11.0. The molecular weight excluding hydrogens is 272 g/mol. The fourth-order valence-corrected chi connectivity index (χ4v) is 2.49. The third-order valence-electron chi connectivity index (χ3n) is 3.68. The third kappa shape index (κ3) is 1.96. The van der Waals surface area contributed by atoms with Crippen molar-refractivity contribution >= 4 is 16.9 Å². The first-order valence-corrected chi connectivity index (χ1v) is 6.36. The average Bonchev–Trinajstić information content (AvgIpc) is 3.04. The molecule has 0 fully saturated rings. The lowest BCUT2D eigenvalue weighted by Gasteiger charge is -2.01. The van der Waals surface area contributed by atoms with Crippen LogP contribution in [0.15, 0.2) is 28.8 Å². The summed E-state index contributed by atoms with van der Waals surface area (Å²) < 4.78 is 12.1. The van der Waals surface area contributed by atoms with Crippen molar-refractivity contribution in [1.29, 1.82) is 0 Å². The van der Waals surface area contributed by atoms with Crippen LogP contribution in [0.3, 0.4) is 0 Å². The Morgan fingerprint density at radius 3 is 2.76 bits per heavy atom. The van der Waals surface area contributed by atoms with Gasteiger partial charge < -0.3 is 18.9 Å². The number of rotatable bonds is 3. The van der Waals surface area contributed by atoms with Gasteiger partial charge in [-0.1, -0.05) is 5.16 Å². The standard InChI is InChI=1S/C15H14N2O4/c1-8-14(11-7-13(15(18)19)21-16-11)10-5-4-9(20-3)6-12(10)17(8)2/h4-7H,1-3H3,(H,18,19). The first kappa shape index (κ1) is 13.2. The van der Waals surface area contributed by atoms with Gasteiger partial charge in [0.2, 0.25) is 5.76 Å². The molecule has 3 rings (SSSR count). The zero-order chi connectivity index (χ0) is 15.1. The molecular formula is C15H14N2O4. The van der Waals surface area contributed by atoms with Crippen LogP contribution in [-0.2, 0) is 7.05 Å². The lowest BCUT2D eigenvalue weighted by Crippen LogP contribution is -1.92. The molecule has 0 radical (unpaired) electrons. The Hall–Kier alpha value is -2.76. The number of benzene rings is 1. The van der Waals surface area contributed by atoms with E-state index in [9.17, 15) is 4.79 Å². The van der Waals surface area contributed by atoms with Crippen LogP contribution in [0.25, 0.3) is 22.2 Å². The zero-order valence-electron chi connectivity index (χ0n) is 11.9. The summed E-state index contributed by atoms with van der Waals surface area (Å²) in [7, 11) is 3.56. The number of aromatic nitrogens is 2. The second kappa shape index (κ2) is 4.66. The molecule has 1 aromatic carbocycles. The van der Waals surface area contributed by atoms with Crippen molar-refractivity contribution in [3.05, 3.63) is 35.7 Å². The number of nitrogens with zero attached hydrogens (tertiary/aromatic N) is 2. The number of hydrogen-bond donors (Lipinski definition) is 1. The van der Waals surface area contributed by atoms with E-state index < -0.39 is 5.97 Å². The van der Waals surface area contributed by atoms with Crippen molar-refractivity contribution in [2.75, 3.05) is 7.11 Å². The van der Waals surface area contributed by atoms with Crippen molar-refractivity contribution in [1.82, 2.24) is 9.72 Å². The van der Waals surface area contributed by atoms with Gasteiger partial charge in [-0.2, -0.15) is 0 Å². The van der Waals surface area contributed by atoms with Gasteiger partial charge in [-0.05, 0) is 19.1 Å². The van der Waals surface area contributed by atoms with Gasteiger partial charge >= 0.3 is 5.97 Å². The van der Waals surface area contributed by atoms with Crippen LogP contribution in [0.5, 0.6) is 5.75 Å². The molecule has 0 bridgehead atoms. The van der Waals surface area contributed by atoms with E-state index in [0.29, 0.717) is 5.69 Å². The van der Waals surface area contributed by atoms with Crippen molar-refractivity contribution < 1.29 is 19.2 Å². The number of aryl methyl sites for hydroxylation is 1. The summed E-state index contributed by atoms with van der Waals surface area (Å²) in [5.41, 5.74) is 3.34. The second-order valence-electron chi connectivity index (χ2n) is 4.78. The fourth-order valence-electron chi connectivity index (χ4n) is 2.49. The predicted molar refractivity (Wildman–Crippen MR) is 76.7 cm³/mol. The van der Waals surface area contributed by atoms with E-state index in [1.165, 1.54) is 6.07 Å². The molecule has 0 aliphatic carbocycles. The number of carboxylic acids is 1. The lowest BCUT2D eigenvalue weighted by molar-refractivity contribution is 0.0652. The van der Waals surface area contributed by atoms with Crippen LogP contribution >= 0.6 is 0 Å². The highest BCUT2D eigenvalue weighted by Gasteiger charge is 2.19. The maximum absolute atomic E-state index is 10.9. The molecule has 21 heavy (non-hydrogen) atoms. The molecule has 3 aromatic rings. The minimum Gasteiger partial charge on any atom is -0.497 e. The Morgan fingerprint density at radius 1 is 1.38 bits per heavy atom. The van der Waals surface area contributed by atoms with E-state index in [-0.39, 0.29) is 5.76 Å². The largest absolute Gasteiger partial charge is 0.497 e. The molecule has 6 heteroatoms. The zero-order valence-corrected chi connectivity index (χ0v) is 11.9. The van der Waals surface area contributed by atoms with Crippen LogP contribution in [-0.4, -0.2) is 27.9 Å². The molecule has 108 valence electrons. The molecule has 0 saturated heterocycles. The Bertz CT molecular complexity index is 845. The molecule has 0 saturated carbocycles. The van der Waals surface area contributed by atoms with E-state index in [2.05, 4.69) is 5.16 Å². The number of fused-ring (bicyclic) bond motifs is 1. The summed E-state index contributed by atoms with van der Waals surface area (Å²) in [4.78, 5) is 10.9. The molecule has 0 aliphatic heterocycles. The summed E-state index contributed by atoms with van der Waals surface area (Å²) in [6, 6.07) is 7.17. The molecule has 2 heterocycles. The van der Waals surface area contributed by atoms with E-state index in [1.54, 1.807) is 7.11 Å². The number of carboxylic acid groups (broad SMARTS) is 1. The number of carbonyl (C=O) groups is 1. The molecule has 0 amide bonds. The van der Waals surface area contributed by atoms with Crippen molar-refractivity contribution in [2.45, 2.75) is 6.92 Å². The van der Waals surface area contributed by atoms with E-state index in [1.807, 2.05) is 36.7 Å². The number of aromatic carboxylic acids is 1. The highest BCUT2D eigenvalue weighted by Crippen LogP contribution is 2.35. The first-order chi connectivity index (χ1) is 10.0. The Labute approximate surface area is 120 Å². The van der Waals surface area contributed by atoms with Gasteiger partial charge in [0.25, 0.3) is 0 Å². The number of hydrogen-bond acceptors (Lipinski definition) is 4. The first-order valence-electron chi connectivity index (χ1n) is 6.36. The lowest BCUT2D eigenvalue weighted by atomic mass is 10.1. The highest BCUT2D eigenvalue weighted by atomic mass is 16.5. The maximum atomic E-state index is 10.9. The molecule has 1 N–H and O–H groups in total. The Kier molecular flexibility index (Phi) is 2.94. The number of ether oxygens (including phenoxy) is 1. The van der Waals surface area contributed by atoms with Crippen LogP contribution < -0.4 is 4.74 Å². The summed E-state index contributed by atoms with van der Waals surface area (Å²) in [6.07, 6.45) is 0. The van der Waals surface area contributed by atoms with Gasteiger partial charge in [0.05, 0.1) is 12.6 Å². The summed E-state index contributed by atoms with van der Waals surface area (Å²) in [5, 5.41) is 13.8. The van der Waals surface area contributed by atoms with Crippen LogP contribution in [0.1, 0.15) is 16.2 Å². The molecule has 0 spiro atoms. The SMILES string of the molecule is COc1ccc2c(-c3cc(C(=O)O)on3)c(C)n(C)c2c1. The molecule has 0 unspecified atom stereocenters. The van der Waals surface area contributed by atoms with Crippen LogP contribution in [0.4, 0.5) is 0 Å². The van der Waals surface area contributed by atoms with E-state index in [4.69, 9.17) is 14.4 Å². The summed E-state index contributed by atoms with van der Waals surface area (Å²) in [6.45, 7) is 1.96. The van der Waals surface area contributed by atoms with E-state index in [0.717, 1.165) is 27.9 Å². The minimum atomic E-state index is -1.13. The van der Waals surface area contributed by atoms with Gasteiger partial charge in [0.1, 0.15) is 11.4 Å². The van der Waals surface area contributed by atoms with Gasteiger partial charge in [-0.25, -0.2) is 4.79 Å². The monoisotopic (exact) mass is 286 g/mol. The van der Waals surface area contributed by atoms with E-state index >= 15 is 0 Å². The molecule has 2 aromatic heterocycles. The Morgan fingerprint density at radius 2 is 2.14 bits per heavy atom. The summed E-state index contributed by atoms with van der Waals surface area (Å²) in [5.74, 6) is -0.538. The smallest absolute Gasteiger partial charge is 0.374 e. The van der Waals surface area contributed by atoms with Crippen LogP contribution in [0.2, 0.25) is 0 Å². The average molecular weight is 286 g/mol. The molecule has 0 atom stereocenters. The van der Waals surface area contributed by atoms with Crippen molar-refractivity contribution in [3.8, 4) is 17.0 Å². The topological polar surface area (TPSA) is 77.5 Å². The molecule has 0 aliphatic rings. The third-order valence-corrected chi connectivity index (χ3v) is 3.68. The fraction of sp³-hybridized carbons (Fsp3) is 0.200. The quantitative estimate of drug-likeness (QED) is 0.801. The van der Waals surface area contributed by atoms with Crippen LogP contribution in [0, 0.1) is 6.92 Å². The number of methoxy groups -OCH3 is 1. The van der Waals surface area contributed by atoms with Crippen molar-refractivity contribution in [3.63, 3.8) is 0 Å². The highest BCUT2D eigenvalue weighted by molar-refractivity contribution is 5.98.